The lowest BCUT2D eigenvalue weighted by molar-refractivity contribution is -0.158. The quantitative estimate of drug-likeness (QED) is 0.176. The van der Waals surface area contributed by atoms with Crippen molar-refractivity contribution in [2.75, 3.05) is 17.9 Å². The zero-order chi connectivity index (χ0) is 39.3. The van der Waals surface area contributed by atoms with Gasteiger partial charge < -0.3 is 50.8 Å². The molecule has 2 saturated heterocycles. The van der Waals surface area contributed by atoms with Crippen molar-refractivity contribution in [2.24, 2.45) is 11.5 Å². The number of carboxylic acids is 2. The number of rotatable bonds is 9. The van der Waals surface area contributed by atoms with Gasteiger partial charge in [0.2, 0.25) is 11.8 Å². The fourth-order valence-electron chi connectivity index (χ4n) is 4.13. The molecule has 22 heteroatoms. The van der Waals surface area contributed by atoms with Crippen LogP contribution in [0.4, 0.5) is 23.2 Å². The van der Waals surface area contributed by atoms with E-state index in [9.17, 15) is 55.4 Å². The first kappa shape index (κ1) is 42.7. The SMILES string of the molecule is CC1(C)OCC(C(O)C(N)=O)O1.CC1(C)OCC(C(O)C(N)=O)O1.O=C(O)c1cc(C(=O)O)cc(S(=O)(=O)Nc2ccc(F)c(C(F)(F)F)c2)c1. The summed E-state index contributed by atoms with van der Waals surface area (Å²) in [5.41, 5.74) is 6.07. The van der Waals surface area contributed by atoms with Gasteiger partial charge in [-0.25, -0.2) is 22.4 Å². The van der Waals surface area contributed by atoms with Crippen LogP contribution in [0.2, 0.25) is 0 Å². The predicted molar refractivity (Wildman–Crippen MR) is 163 cm³/mol. The average molecular weight is 758 g/mol. The highest BCUT2D eigenvalue weighted by Crippen LogP contribution is 2.33. The molecule has 9 N–H and O–H groups in total. The Morgan fingerprint density at radius 2 is 1.24 bits per heavy atom. The number of benzene rings is 2. The van der Waals surface area contributed by atoms with E-state index in [-0.39, 0.29) is 19.3 Å². The van der Waals surface area contributed by atoms with E-state index >= 15 is 0 Å². The number of carbonyl (C=O) groups excluding carboxylic acids is 2. The van der Waals surface area contributed by atoms with E-state index < -0.39 is 109 Å². The van der Waals surface area contributed by atoms with Crippen molar-refractivity contribution >= 4 is 39.5 Å². The van der Waals surface area contributed by atoms with Gasteiger partial charge in [0.1, 0.15) is 18.0 Å². The smallest absolute Gasteiger partial charge is 0.419 e. The van der Waals surface area contributed by atoms with Crippen LogP contribution in [-0.2, 0) is 44.7 Å². The lowest BCUT2D eigenvalue weighted by Crippen LogP contribution is -2.40. The molecule has 2 heterocycles. The molecule has 0 aliphatic carbocycles. The highest BCUT2D eigenvalue weighted by atomic mass is 32.2. The molecule has 2 aliphatic rings. The first-order valence-electron chi connectivity index (χ1n) is 14.3. The predicted octanol–water partition coefficient (Wildman–Crippen LogP) is 1.01. The molecule has 4 atom stereocenters. The fraction of sp³-hybridized carbons (Fsp3) is 0.448. The van der Waals surface area contributed by atoms with Gasteiger partial charge in [-0.2, -0.15) is 13.2 Å². The molecule has 284 valence electrons. The van der Waals surface area contributed by atoms with Crippen LogP contribution in [0.3, 0.4) is 0 Å². The largest absolute Gasteiger partial charge is 0.478 e. The molecule has 0 spiro atoms. The number of amides is 2. The summed E-state index contributed by atoms with van der Waals surface area (Å²) in [7, 11) is -4.67. The molecule has 2 aromatic carbocycles. The number of aliphatic hydroxyl groups excluding tert-OH is 2. The number of carboxylic acid groups (broad SMARTS) is 2. The Bertz CT molecular complexity index is 1660. The van der Waals surface area contributed by atoms with Crippen molar-refractivity contribution in [2.45, 2.75) is 74.8 Å². The van der Waals surface area contributed by atoms with E-state index in [4.69, 9.17) is 40.6 Å². The number of halogens is 4. The Morgan fingerprint density at radius 1 is 0.824 bits per heavy atom. The first-order valence-corrected chi connectivity index (χ1v) is 15.7. The number of alkyl halides is 3. The summed E-state index contributed by atoms with van der Waals surface area (Å²) >= 11 is 0. The molecule has 0 bridgehead atoms. The summed E-state index contributed by atoms with van der Waals surface area (Å²) in [5.74, 6) is -7.90. The maximum absolute atomic E-state index is 13.3. The molecule has 4 rings (SSSR count). The Labute approximate surface area is 287 Å². The summed E-state index contributed by atoms with van der Waals surface area (Å²) in [4.78, 5) is 42.3. The maximum atomic E-state index is 13.3. The van der Waals surface area contributed by atoms with E-state index in [1.165, 1.54) is 0 Å². The minimum Gasteiger partial charge on any atom is -0.478 e. The van der Waals surface area contributed by atoms with Crippen molar-refractivity contribution < 1.29 is 84.5 Å². The van der Waals surface area contributed by atoms with Gasteiger partial charge in [-0.05, 0) is 64.1 Å². The first-order chi connectivity index (χ1) is 23.2. The lowest BCUT2D eigenvalue weighted by atomic mass is 10.1. The lowest BCUT2D eigenvalue weighted by Gasteiger charge is -2.18. The number of sulfonamides is 1. The van der Waals surface area contributed by atoms with Crippen molar-refractivity contribution in [1.82, 2.24) is 0 Å². The standard InChI is InChI=1S/C15H9F4NO6S.2C7H13NO4/c16-12-2-1-9(6-11(12)15(17,18)19)20-27(25,26)10-4-7(13(21)22)3-8(5-10)14(23)24;2*1-7(2)11-3-4(12-7)5(9)6(8)10/h1-6,20H,(H,21,22)(H,23,24);2*4-5,9H,3H2,1-2H3,(H2,8,10). The normalized spacial score (nSPS) is 20.4. The number of nitrogens with two attached hydrogens (primary N) is 2. The molecule has 2 fully saturated rings. The molecular weight excluding hydrogens is 722 g/mol. The zero-order valence-electron chi connectivity index (χ0n) is 27.1. The van der Waals surface area contributed by atoms with Crippen molar-refractivity contribution in [3.05, 3.63) is 58.9 Å². The Kier molecular flexibility index (Phi) is 13.6. The maximum Gasteiger partial charge on any atom is 0.419 e. The molecule has 4 unspecified atom stereocenters. The van der Waals surface area contributed by atoms with Crippen LogP contribution in [0.5, 0.6) is 0 Å². The van der Waals surface area contributed by atoms with Gasteiger partial charge >= 0.3 is 18.1 Å². The summed E-state index contributed by atoms with van der Waals surface area (Å²) in [6.07, 6.45) is -8.93. The van der Waals surface area contributed by atoms with Gasteiger partial charge in [0, 0.05) is 5.69 Å². The molecule has 2 amide bonds. The highest BCUT2D eigenvalue weighted by Gasteiger charge is 2.40. The molecular formula is C29H35F4N3O14S. The van der Waals surface area contributed by atoms with Crippen LogP contribution in [0.25, 0.3) is 0 Å². The van der Waals surface area contributed by atoms with Crippen LogP contribution in [0.1, 0.15) is 54.0 Å². The van der Waals surface area contributed by atoms with Crippen LogP contribution in [0.15, 0.2) is 41.3 Å². The molecule has 17 nitrogen and oxygen atoms in total. The summed E-state index contributed by atoms with van der Waals surface area (Å²) in [5, 5.41) is 36.3. The van der Waals surface area contributed by atoms with E-state index in [1.54, 1.807) is 32.4 Å². The third-order valence-corrected chi connectivity index (χ3v) is 7.94. The van der Waals surface area contributed by atoms with Crippen LogP contribution >= 0.6 is 0 Å². The van der Waals surface area contributed by atoms with Crippen LogP contribution in [-0.4, -0.2) is 102 Å². The second kappa shape index (κ2) is 16.3. The Balaban J connectivity index is 0.000000309. The van der Waals surface area contributed by atoms with Crippen molar-refractivity contribution in [1.29, 1.82) is 0 Å². The molecule has 0 saturated carbocycles. The second-order valence-electron chi connectivity index (χ2n) is 11.6. The zero-order valence-corrected chi connectivity index (χ0v) is 28.0. The minimum absolute atomic E-state index is 0.192. The van der Waals surface area contributed by atoms with Gasteiger partial charge in [-0.3, -0.25) is 14.3 Å². The van der Waals surface area contributed by atoms with E-state index in [2.05, 4.69) is 0 Å². The van der Waals surface area contributed by atoms with E-state index in [1.807, 2.05) is 0 Å². The topological polar surface area (TPSA) is 284 Å². The number of ether oxygens (including phenoxy) is 4. The average Bonchev–Trinajstić information content (AvgIpc) is 3.57. The van der Waals surface area contributed by atoms with Crippen molar-refractivity contribution in [3.8, 4) is 0 Å². The number of carbonyl (C=O) groups is 4. The Morgan fingerprint density at radius 3 is 1.55 bits per heavy atom. The van der Waals surface area contributed by atoms with E-state index in [0.29, 0.717) is 24.3 Å². The molecule has 0 radical (unpaired) electrons. The van der Waals surface area contributed by atoms with E-state index in [0.717, 1.165) is 6.07 Å². The van der Waals surface area contributed by atoms with Gasteiger partial charge in [0.15, 0.2) is 23.8 Å². The highest BCUT2D eigenvalue weighted by molar-refractivity contribution is 7.92. The van der Waals surface area contributed by atoms with Crippen LogP contribution in [0, 0.1) is 5.82 Å². The number of anilines is 1. The number of hydrogen-bond acceptors (Lipinski definition) is 12. The van der Waals surface area contributed by atoms with Crippen LogP contribution < -0.4 is 16.2 Å². The molecule has 51 heavy (non-hydrogen) atoms. The summed E-state index contributed by atoms with van der Waals surface area (Å²) in [6.45, 7) is 7.22. The van der Waals surface area contributed by atoms with Gasteiger partial charge in [0.05, 0.1) is 34.8 Å². The second-order valence-corrected chi connectivity index (χ2v) is 13.3. The third-order valence-electron chi connectivity index (χ3n) is 6.58. The minimum atomic E-state index is -5.08. The molecule has 2 aliphatic heterocycles. The van der Waals surface area contributed by atoms with Gasteiger partial charge in [-0.1, -0.05) is 0 Å². The number of hydrogen-bond donors (Lipinski definition) is 7. The number of aromatic carboxylic acids is 2. The summed E-state index contributed by atoms with van der Waals surface area (Å²) < 4.78 is 98.5. The molecule has 2 aromatic rings. The number of aliphatic hydroxyl groups is 2. The van der Waals surface area contributed by atoms with Gasteiger partial charge in [0.25, 0.3) is 10.0 Å². The fourth-order valence-corrected chi connectivity index (χ4v) is 5.25. The summed E-state index contributed by atoms with van der Waals surface area (Å²) in [6, 6.07) is 3.31. The van der Waals surface area contributed by atoms with Crippen molar-refractivity contribution in [3.63, 3.8) is 0 Å². The monoisotopic (exact) mass is 757 g/mol. The molecule has 0 aromatic heterocycles. The van der Waals surface area contributed by atoms with Gasteiger partial charge in [-0.15, -0.1) is 0 Å². The number of nitrogens with one attached hydrogen (secondary N) is 1. The Hall–Kier alpha value is -4.45. The number of primary amides is 2. The third kappa shape index (κ3) is 12.4.